The molecule has 1 aromatic carbocycles. The molecule has 1 aromatic rings. The summed E-state index contributed by atoms with van der Waals surface area (Å²) in [6.45, 7) is 11.7. The van der Waals surface area contributed by atoms with Crippen molar-refractivity contribution in [3.05, 3.63) is 34.9 Å². The van der Waals surface area contributed by atoms with Crippen molar-refractivity contribution in [1.29, 1.82) is 5.26 Å². The van der Waals surface area contributed by atoms with Gasteiger partial charge in [0.15, 0.2) is 0 Å². The number of ether oxygens (including phenoxy) is 1. The van der Waals surface area contributed by atoms with Gasteiger partial charge in [-0.2, -0.15) is 5.26 Å². The summed E-state index contributed by atoms with van der Waals surface area (Å²) in [7, 11) is 0. The van der Waals surface area contributed by atoms with E-state index in [1.165, 1.54) is 11.1 Å². The summed E-state index contributed by atoms with van der Waals surface area (Å²) in [5.41, 5.74) is 2.63. The number of esters is 1. The van der Waals surface area contributed by atoms with Crippen LogP contribution in [-0.4, -0.2) is 11.6 Å². The SMILES string of the molecule is CCc1cc(C#N)ccc1CC(C)C(C)C(=O)OC(C)(C)C. The average molecular weight is 301 g/mol. The molecule has 0 saturated heterocycles. The summed E-state index contributed by atoms with van der Waals surface area (Å²) in [5, 5.41) is 8.99. The Morgan fingerprint density at radius 2 is 1.91 bits per heavy atom. The maximum atomic E-state index is 12.2. The molecule has 2 unspecified atom stereocenters. The van der Waals surface area contributed by atoms with Crippen LogP contribution in [0.4, 0.5) is 0 Å². The van der Waals surface area contributed by atoms with Crippen molar-refractivity contribution >= 4 is 5.97 Å². The van der Waals surface area contributed by atoms with E-state index >= 15 is 0 Å². The molecule has 0 aliphatic heterocycles. The minimum absolute atomic E-state index is 0.147. The van der Waals surface area contributed by atoms with Gasteiger partial charge in [-0.3, -0.25) is 4.79 Å². The maximum absolute atomic E-state index is 12.2. The van der Waals surface area contributed by atoms with E-state index in [0.717, 1.165) is 12.8 Å². The maximum Gasteiger partial charge on any atom is 0.309 e. The predicted octanol–water partition coefficient (Wildman–Crippen LogP) is 4.28. The standard InChI is InChI=1S/C19H27NO2/c1-7-16-11-15(12-20)8-9-17(16)10-13(2)14(3)18(21)22-19(4,5)6/h8-9,11,13-14H,7,10H2,1-6H3. The molecular formula is C19H27NO2. The average Bonchev–Trinajstić information content (AvgIpc) is 2.44. The van der Waals surface area contributed by atoms with E-state index in [4.69, 9.17) is 10.00 Å². The molecule has 22 heavy (non-hydrogen) atoms. The molecule has 0 heterocycles. The Morgan fingerprint density at radius 3 is 2.41 bits per heavy atom. The fraction of sp³-hybridized carbons (Fsp3) is 0.579. The molecule has 0 saturated carbocycles. The number of hydrogen-bond donors (Lipinski definition) is 0. The molecule has 1 rings (SSSR count). The zero-order valence-corrected chi connectivity index (χ0v) is 14.6. The van der Waals surface area contributed by atoms with Crippen LogP contribution >= 0.6 is 0 Å². The minimum Gasteiger partial charge on any atom is -0.460 e. The number of nitriles is 1. The first kappa shape index (κ1) is 18.2. The lowest BCUT2D eigenvalue weighted by atomic mass is 9.87. The van der Waals surface area contributed by atoms with Gasteiger partial charge >= 0.3 is 5.97 Å². The lowest BCUT2D eigenvalue weighted by Crippen LogP contribution is -2.31. The summed E-state index contributed by atoms with van der Waals surface area (Å²) in [6.07, 6.45) is 1.70. The first-order valence-corrected chi connectivity index (χ1v) is 7.92. The van der Waals surface area contributed by atoms with Gasteiger partial charge in [0, 0.05) is 0 Å². The van der Waals surface area contributed by atoms with Crippen molar-refractivity contribution in [2.45, 2.75) is 60.0 Å². The number of aryl methyl sites for hydroxylation is 1. The van der Waals surface area contributed by atoms with Gasteiger partial charge in [-0.25, -0.2) is 0 Å². The van der Waals surface area contributed by atoms with Crippen LogP contribution in [0.5, 0.6) is 0 Å². The van der Waals surface area contributed by atoms with Gasteiger partial charge < -0.3 is 4.74 Å². The second-order valence-corrected chi connectivity index (χ2v) is 6.95. The van der Waals surface area contributed by atoms with E-state index in [9.17, 15) is 4.79 Å². The number of benzene rings is 1. The van der Waals surface area contributed by atoms with Gasteiger partial charge in [0.25, 0.3) is 0 Å². The number of carbonyl (C=O) groups excluding carboxylic acids is 1. The molecular weight excluding hydrogens is 274 g/mol. The molecule has 0 aliphatic carbocycles. The Kier molecular flexibility index (Phi) is 6.17. The van der Waals surface area contributed by atoms with Gasteiger partial charge in [0.1, 0.15) is 5.60 Å². The lowest BCUT2D eigenvalue weighted by Gasteiger charge is -2.25. The summed E-state index contributed by atoms with van der Waals surface area (Å²) in [6, 6.07) is 7.98. The van der Waals surface area contributed by atoms with Crippen LogP contribution in [0.15, 0.2) is 18.2 Å². The zero-order valence-electron chi connectivity index (χ0n) is 14.6. The predicted molar refractivity (Wildman–Crippen MR) is 88.4 cm³/mol. The van der Waals surface area contributed by atoms with Crippen molar-refractivity contribution in [2.75, 3.05) is 0 Å². The van der Waals surface area contributed by atoms with Crippen LogP contribution in [0, 0.1) is 23.2 Å². The quantitative estimate of drug-likeness (QED) is 0.763. The number of hydrogen-bond acceptors (Lipinski definition) is 3. The first-order valence-electron chi connectivity index (χ1n) is 7.92. The van der Waals surface area contributed by atoms with Gasteiger partial charge in [-0.1, -0.05) is 26.8 Å². The summed E-state index contributed by atoms with van der Waals surface area (Å²) in [4.78, 5) is 12.2. The normalized spacial score (nSPS) is 14.0. The van der Waals surface area contributed by atoms with E-state index in [1.807, 2.05) is 45.9 Å². The molecule has 0 aromatic heterocycles. The molecule has 120 valence electrons. The Morgan fingerprint density at radius 1 is 1.27 bits per heavy atom. The smallest absolute Gasteiger partial charge is 0.309 e. The first-order chi connectivity index (χ1) is 10.2. The topological polar surface area (TPSA) is 50.1 Å². The van der Waals surface area contributed by atoms with E-state index in [-0.39, 0.29) is 17.8 Å². The van der Waals surface area contributed by atoms with Gasteiger partial charge in [0.05, 0.1) is 17.6 Å². The van der Waals surface area contributed by atoms with Gasteiger partial charge in [-0.05, 0) is 62.8 Å². The van der Waals surface area contributed by atoms with E-state index < -0.39 is 5.60 Å². The third-order valence-corrected chi connectivity index (χ3v) is 3.89. The van der Waals surface area contributed by atoms with Crippen LogP contribution in [0.25, 0.3) is 0 Å². The molecule has 3 nitrogen and oxygen atoms in total. The van der Waals surface area contributed by atoms with E-state index in [2.05, 4.69) is 19.9 Å². The third-order valence-electron chi connectivity index (χ3n) is 3.89. The van der Waals surface area contributed by atoms with Crippen molar-refractivity contribution in [1.82, 2.24) is 0 Å². The second kappa shape index (κ2) is 7.45. The molecule has 3 heteroatoms. The molecule has 0 aliphatic rings. The zero-order chi connectivity index (χ0) is 16.9. The minimum atomic E-state index is -0.450. The summed E-state index contributed by atoms with van der Waals surface area (Å²) in [5.74, 6) is -0.112. The van der Waals surface area contributed by atoms with Crippen LogP contribution in [0.2, 0.25) is 0 Å². The number of rotatable bonds is 5. The number of nitrogens with zero attached hydrogens (tertiary/aromatic N) is 1. The highest BCUT2D eigenvalue weighted by atomic mass is 16.6. The monoisotopic (exact) mass is 301 g/mol. The molecule has 0 amide bonds. The van der Waals surface area contributed by atoms with Crippen molar-refractivity contribution in [3.8, 4) is 6.07 Å². The van der Waals surface area contributed by atoms with Crippen LogP contribution < -0.4 is 0 Å². The van der Waals surface area contributed by atoms with Crippen LogP contribution in [-0.2, 0) is 22.4 Å². The fourth-order valence-electron chi connectivity index (χ4n) is 2.37. The Hall–Kier alpha value is -1.82. The van der Waals surface area contributed by atoms with Crippen molar-refractivity contribution < 1.29 is 9.53 Å². The van der Waals surface area contributed by atoms with E-state index in [0.29, 0.717) is 5.56 Å². The van der Waals surface area contributed by atoms with Crippen molar-refractivity contribution in [2.24, 2.45) is 11.8 Å². The fourth-order valence-corrected chi connectivity index (χ4v) is 2.37. The Balaban J connectivity index is 2.82. The Labute approximate surface area is 134 Å². The summed E-state index contributed by atoms with van der Waals surface area (Å²) < 4.78 is 5.47. The molecule has 0 fully saturated rings. The van der Waals surface area contributed by atoms with Gasteiger partial charge in [-0.15, -0.1) is 0 Å². The van der Waals surface area contributed by atoms with Crippen LogP contribution in [0.1, 0.15) is 58.2 Å². The lowest BCUT2D eigenvalue weighted by molar-refractivity contribution is -0.161. The van der Waals surface area contributed by atoms with Crippen molar-refractivity contribution in [3.63, 3.8) is 0 Å². The van der Waals surface area contributed by atoms with E-state index in [1.54, 1.807) is 0 Å². The highest BCUT2D eigenvalue weighted by Gasteiger charge is 2.26. The molecule has 0 bridgehead atoms. The van der Waals surface area contributed by atoms with Gasteiger partial charge in [0.2, 0.25) is 0 Å². The molecule has 0 N–H and O–H groups in total. The third kappa shape index (κ3) is 5.18. The molecule has 2 atom stereocenters. The highest BCUT2D eigenvalue weighted by Crippen LogP contribution is 2.23. The molecule has 0 spiro atoms. The summed E-state index contributed by atoms with van der Waals surface area (Å²) >= 11 is 0. The number of carbonyl (C=O) groups is 1. The Bertz CT molecular complexity index is 564. The largest absolute Gasteiger partial charge is 0.460 e. The highest BCUT2D eigenvalue weighted by molar-refractivity contribution is 5.72. The molecule has 0 radical (unpaired) electrons. The second-order valence-electron chi connectivity index (χ2n) is 6.95. The van der Waals surface area contributed by atoms with Crippen LogP contribution in [0.3, 0.4) is 0 Å².